The molecule has 1 N–H and O–H groups in total. The Morgan fingerprint density at radius 2 is 2.20 bits per heavy atom. The summed E-state index contributed by atoms with van der Waals surface area (Å²) in [4.78, 5) is 14.6. The second kappa shape index (κ2) is 7.54. The predicted molar refractivity (Wildman–Crippen MR) is 82.1 cm³/mol. The first-order valence-corrected chi connectivity index (χ1v) is 7.31. The van der Waals surface area contributed by atoms with E-state index < -0.39 is 4.92 Å². The van der Waals surface area contributed by atoms with Crippen LogP contribution < -0.4 is 5.32 Å². The van der Waals surface area contributed by atoms with Gasteiger partial charge in [-0.1, -0.05) is 13.8 Å². The highest BCUT2D eigenvalue weighted by atomic mass is 79.9. The fourth-order valence-electron chi connectivity index (χ4n) is 1.68. The van der Waals surface area contributed by atoms with E-state index in [1.54, 1.807) is 6.92 Å². The van der Waals surface area contributed by atoms with E-state index in [2.05, 4.69) is 40.1 Å². The standard InChI is InChI=1S/C13H20BrN3O3/c1-5-20-7-10(8(2)3)16-13-12(14)9(4)11(6-15-13)17(18)19/h6,8,10H,5,7H2,1-4H3,(H,15,16). The summed E-state index contributed by atoms with van der Waals surface area (Å²) in [5.41, 5.74) is 0.569. The van der Waals surface area contributed by atoms with Gasteiger partial charge < -0.3 is 10.1 Å². The molecule has 0 fully saturated rings. The molecule has 0 saturated heterocycles. The van der Waals surface area contributed by atoms with E-state index in [1.165, 1.54) is 6.20 Å². The Balaban J connectivity index is 2.96. The number of nitrogens with one attached hydrogen (secondary N) is 1. The molecular weight excluding hydrogens is 326 g/mol. The van der Waals surface area contributed by atoms with Crippen molar-refractivity contribution < 1.29 is 9.66 Å². The smallest absolute Gasteiger partial charge is 0.291 e. The van der Waals surface area contributed by atoms with Gasteiger partial charge in [0, 0.05) is 12.2 Å². The Hall–Kier alpha value is -1.21. The summed E-state index contributed by atoms with van der Waals surface area (Å²) in [5, 5.41) is 14.1. The van der Waals surface area contributed by atoms with Crippen molar-refractivity contribution in [2.75, 3.05) is 18.5 Å². The number of nitrogens with zero attached hydrogens (tertiary/aromatic N) is 2. The van der Waals surface area contributed by atoms with Gasteiger partial charge >= 0.3 is 0 Å². The van der Waals surface area contributed by atoms with E-state index in [0.29, 0.717) is 35.0 Å². The number of anilines is 1. The molecular formula is C13H20BrN3O3. The van der Waals surface area contributed by atoms with E-state index >= 15 is 0 Å². The van der Waals surface area contributed by atoms with Crippen molar-refractivity contribution in [3.63, 3.8) is 0 Å². The summed E-state index contributed by atoms with van der Waals surface area (Å²) in [6.07, 6.45) is 1.28. The Morgan fingerprint density at radius 1 is 1.55 bits per heavy atom. The topological polar surface area (TPSA) is 77.3 Å². The minimum Gasteiger partial charge on any atom is -0.380 e. The molecule has 0 aliphatic heterocycles. The molecule has 0 saturated carbocycles. The third kappa shape index (κ3) is 4.14. The molecule has 0 bridgehead atoms. The summed E-state index contributed by atoms with van der Waals surface area (Å²) in [6.45, 7) is 9.03. The molecule has 0 radical (unpaired) electrons. The molecule has 0 spiro atoms. The van der Waals surface area contributed by atoms with Crippen LogP contribution in [0, 0.1) is 23.0 Å². The lowest BCUT2D eigenvalue weighted by molar-refractivity contribution is -0.385. The fraction of sp³-hybridized carbons (Fsp3) is 0.615. The van der Waals surface area contributed by atoms with E-state index in [4.69, 9.17) is 4.74 Å². The van der Waals surface area contributed by atoms with Crippen LogP contribution in [0.2, 0.25) is 0 Å². The van der Waals surface area contributed by atoms with Crippen LogP contribution in [-0.2, 0) is 4.74 Å². The van der Waals surface area contributed by atoms with E-state index in [0.717, 1.165) is 0 Å². The van der Waals surface area contributed by atoms with Crippen LogP contribution in [-0.4, -0.2) is 29.2 Å². The number of halogens is 1. The average molecular weight is 346 g/mol. The number of ether oxygens (including phenoxy) is 1. The van der Waals surface area contributed by atoms with Crippen LogP contribution in [0.3, 0.4) is 0 Å². The minimum absolute atomic E-state index is 0.00771. The van der Waals surface area contributed by atoms with Gasteiger partial charge in [-0.2, -0.15) is 0 Å². The molecule has 0 aliphatic rings. The molecule has 6 nitrogen and oxygen atoms in total. The number of rotatable bonds is 7. The number of hydrogen-bond donors (Lipinski definition) is 1. The first-order valence-electron chi connectivity index (χ1n) is 6.52. The van der Waals surface area contributed by atoms with Gasteiger partial charge in [0.2, 0.25) is 0 Å². The van der Waals surface area contributed by atoms with Gasteiger partial charge in [-0.05, 0) is 35.7 Å². The predicted octanol–water partition coefficient (Wildman–Crippen LogP) is 3.53. The van der Waals surface area contributed by atoms with Gasteiger partial charge in [-0.3, -0.25) is 10.1 Å². The SMILES string of the molecule is CCOCC(Nc1ncc([N+](=O)[O-])c(C)c1Br)C(C)C. The first-order chi connectivity index (χ1) is 9.38. The molecule has 112 valence electrons. The molecule has 1 heterocycles. The molecule has 7 heteroatoms. The molecule has 0 aliphatic carbocycles. The van der Waals surface area contributed by atoms with Crippen molar-refractivity contribution in [2.24, 2.45) is 5.92 Å². The van der Waals surface area contributed by atoms with Crippen LogP contribution in [0.5, 0.6) is 0 Å². The molecule has 1 rings (SSSR count). The van der Waals surface area contributed by atoms with Gasteiger partial charge in [-0.25, -0.2) is 4.98 Å². The lowest BCUT2D eigenvalue weighted by Gasteiger charge is -2.23. The highest BCUT2D eigenvalue weighted by Gasteiger charge is 2.20. The summed E-state index contributed by atoms with van der Waals surface area (Å²) in [7, 11) is 0. The third-order valence-electron chi connectivity index (χ3n) is 3.06. The maximum atomic E-state index is 10.9. The van der Waals surface area contributed by atoms with Gasteiger partial charge in [0.25, 0.3) is 5.69 Å². The Labute approximate surface area is 127 Å². The molecule has 1 unspecified atom stereocenters. The first kappa shape index (κ1) is 16.8. The van der Waals surface area contributed by atoms with E-state index in [9.17, 15) is 10.1 Å². The number of nitro groups is 1. The zero-order valence-corrected chi connectivity index (χ0v) is 13.7. The monoisotopic (exact) mass is 345 g/mol. The van der Waals surface area contributed by atoms with Crippen molar-refractivity contribution in [1.82, 2.24) is 4.98 Å². The quantitative estimate of drug-likeness (QED) is 0.604. The van der Waals surface area contributed by atoms with Crippen LogP contribution in [0.4, 0.5) is 11.5 Å². The zero-order valence-electron chi connectivity index (χ0n) is 12.1. The maximum Gasteiger partial charge on any atom is 0.291 e. The largest absolute Gasteiger partial charge is 0.380 e. The van der Waals surface area contributed by atoms with Crippen molar-refractivity contribution in [3.8, 4) is 0 Å². The van der Waals surface area contributed by atoms with Gasteiger partial charge in [-0.15, -0.1) is 0 Å². The van der Waals surface area contributed by atoms with Gasteiger partial charge in [0.15, 0.2) is 0 Å². The van der Waals surface area contributed by atoms with Crippen molar-refractivity contribution in [3.05, 3.63) is 26.3 Å². The highest BCUT2D eigenvalue weighted by molar-refractivity contribution is 9.10. The molecule has 20 heavy (non-hydrogen) atoms. The van der Waals surface area contributed by atoms with Crippen LogP contribution in [0.25, 0.3) is 0 Å². The summed E-state index contributed by atoms with van der Waals surface area (Å²) in [5.74, 6) is 0.956. The summed E-state index contributed by atoms with van der Waals surface area (Å²) >= 11 is 3.37. The number of aromatic nitrogens is 1. The normalized spacial score (nSPS) is 12.5. The second-order valence-electron chi connectivity index (χ2n) is 4.84. The number of hydrogen-bond acceptors (Lipinski definition) is 5. The molecule has 0 amide bonds. The maximum absolute atomic E-state index is 10.9. The van der Waals surface area contributed by atoms with Crippen LogP contribution in [0.1, 0.15) is 26.3 Å². The lowest BCUT2D eigenvalue weighted by Crippen LogP contribution is -2.31. The highest BCUT2D eigenvalue weighted by Crippen LogP contribution is 2.31. The van der Waals surface area contributed by atoms with E-state index in [-0.39, 0.29) is 11.7 Å². The molecule has 1 aromatic rings. The zero-order chi connectivity index (χ0) is 15.3. The third-order valence-corrected chi connectivity index (χ3v) is 4.03. The van der Waals surface area contributed by atoms with E-state index in [1.807, 2.05) is 6.92 Å². The Bertz CT molecular complexity index is 480. The Kier molecular flexibility index (Phi) is 6.35. The van der Waals surface area contributed by atoms with Gasteiger partial charge in [0.05, 0.1) is 22.0 Å². The van der Waals surface area contributed by atoms with Crippen LogP contribution >= 0.6 is 15.9 Å². The minimum atomic E-state index is -0.434. The number of pyridine rings is 1. The molecule has 1 aromatic heterocycles. The summed E-state index contributed by atoms with van der Waals surface area (Å²) in [6, 6.07) is 0.0969. The lowest BCUT2D eigenvalue weighted by atomic mass is 10.1. The Morgan fingerprint density at radius 3 is 2.70 bits per heavy atom. The van der Waals surface area contributed by atoms with Crippen molar-refractivity contribution in [2.45, 2.75) is 33.7 Å². The summed E-state index contributed by atoms with van der Waals surface area (Å²) < 4.78 is 6.07. The van der Waals surface area contributed by atoms with Crippen molar-refractivity contribution in [1.29, 1.82) is 0 Å². The van der Waals surface area contributed by atoms with Crippen molar-refractivity contribution >= 4 is 27.4 Å². The molecule has 1 atom stereocenters. The van der Waals surface area contributed by atoms with Gasteiger partial charge in [0.1, 0.15) is 12.0 Å². The van der Waals surface area contributed by atoms with Crippen LogP contribution in [0.15, 0.2) is 10.7 Å². The molecule has 0 aromatic carbocycles. The fourth-order valence-corrected chi connectivity index (χ4v) is 2.10. The second-order valence-corrected chi connectivity index (χ2v) is 5.64. The average Bonchev–Trinajstić information content (AvgIpc) is 2.38.